The number of carboxylic acids is 1. The average molecular weight is 472 g/mol. The molecule has 1 unspecified atom stereocenters. The van der Waals surface area contributed by atoms with Gasteiger partial charge in [0.2, 0.25) is 0 Å². The van der Waals surface area contributed by atoms with Gasteiger partial charge in [0.25, 0.3) is 5.91 Å². The molecule has 1 N–H and O–H groups in total. The van der Waals surface area contributed by atoms with E-state index < -0.39 is 5.97 Å². The van der Waals surface area contributed by atoms with Crippen molar-refractivity contribution in [1.82, 2.24) is 4.90 Å². The lowest BCUT2D eigenvalue weighted by atomic mass is 9.73. The van der Waals surface area contributed by atoms with Crippen molar-refractivity contribution in [2.75, 3.05) is 20.2 Å². The predicted molar refractivity (Wildman–Crippen MR) is 132 cm³/mol. The molecule has 3 aromatic carbocycles. The van der Waals surface area contributed by atoms with Gasteiger partial charge < -0.3 is 19.5 Å². The zero-order valence-electron chi connectivity index (χ0n) is 19.8. The van der Waals surface area contributed by atoms with E-state index in [0.29, 0.717) is 24.4 Å². The van der Waals surface area contributed by atoms with Crippen LogP contribution in [0.2, 0.25) is 0 Å². The molecular formula is C29H29NO5. The highest BCUT2D eigenvalue weighted by atomic mass is 16.5. The number of carbonyl (C=O) groups is 2. The molecule has 6 nitrogen and oxygen atoms in total. The molecule has 1 atom stereocenters. The van der Waals surface area contributed by atoms with E-state index in [-0.39, 0.29) is 23.7 Å². The minimum Gasteiger partial charge on any atom is -0.497 e. The van der Waals surface area contributed by atoms with Gasteiger partial charge in [0.1, 0.15) is 17.2 Å². The van der Waals surface area contributed by atoms with Gasteiger partial charge in [0, 0.05) is 18.7 Å². The van der Waals surface area contributed by atoms with Crippen LogP contribution < -0.4 is 9.47 Å². The number of methoxy groups -OCH3 is 1. The van der Waals surface area contributed by atoms with E-state index in [1.165, 1.54) is 5.56 Å². The quantitative estimate of drug-likeness (QED) is 0.505. The van der Waals surface area contributed by atoms with Gasteiger partial charge in [-0.05, 0) is 90.3 Å². The molecule has 3 aromatic rings. The molecule has 0 radical (unpaired) electrons. The number of carboxylic acid groups (broad SMARTS) is 1. The Morgan fingerprint density at radius 1 is 0.943 bits per heavy atom. The second kappa shape index (κ2) is 9.45. The topological polar surface area (TPSA) is 76.1 Å². The van der Waals surface area contributed by atoms with E-state index in [1.807, 2.05) is 71.6 Å². The highest BCUT2D eigenvalue weighted by molar-refractivity contribution is 5.94. The summed E-state index contributed by atoms with van der Waals surface area (Å²) >= 11 is 0. The molecule has 1 heterocycles. The van der Waals surface area contributed by atoms with Gasteiger partial charge in [0.05, 0.1) is 13.5 Å². The van der Waals surface area contributed by atoms with Crippen molar-refractivity contribution in [2.24, 2.45) is 0 Å². The van der Waals surface area contributed by atoms with Crippen molar-refractivity contribution in [3.63, 3.8) is 0 Å². The molecule has 2 aliphatic rings. The molecule has 1 fully saturated rings. The van der Waals surface area contributed by atoms with Crippen LogP contribution in [0.15, 0.2) is 72.8 Å². The molecule has 0 bridgehead atoms. The zero-order valence-corrected chi connectivity index (χ0v) is 19.8. The number of aliphatic carboxylic acids is 1. The van der Waals surface area contributed by atoms with Crippen LogP contribution in [-0.4, -0.2) is 42.1 Å². The standard InChI is InChI=1S/C29H29NO5/c1-34-24-11-12-25-21(17-27(31)32)19-29(26(25)18-24)13-15-30(16-14-29)28(33)20-7-9-23(10-8-20)35-22-5-3-2-4-6-22/h2-12,18,21H,13-17,19H2,1H3,(H,31,32). The number of para-hydroxylation sites is 1. The van der Waals surface area contributed by atoms with E-state index in [2.05, 4.69) is 6.07 Å². The number of carbonyl (C=O) groups excluding carboxylic acids is 1. The normalized spacial score (nSPS) is 18.2. The minimum absolute atomic E-state index is 0.00665. The van der Waals surface area contributed by atoms with Crippen molar-refractivity contribution in [2.45, 2.75) is 37.0 Å². The number of amides is 1. The fourth-order valence-corrected chi connectivity index (χ4v) is 5.65. The molecule has 1 saturated heterocycles. The van der Waals surface area contributed by atoms with Crippen LogP contribution in [0.5, 0.6) is 17.2 Å². The average Bonchev–Trinajstić information content (AvgIpc) is 3.16. The first-order valence-corrected chi connectivity index (χ1v) is 12.0. The van der Waals surface area contributed by atoms with Crippen molar-refractivity contribution < 1.29 is 24.2 Å². The Bertz CT molecular complexity index is 1210. The maximum atomic E-state index is 13.2. The molecule has 1 aliphatic heterocycles. The molecule has 5 rings (SSSR count). The minimum atomic E-state index is -0.777. The van der Waals surface area contributed by atoms with E-state index in [1.54, 1.807) is 7.11 Å². The predicted octanol–water partition coefficient (Wildman–Crippen LogP) is 5.62. The fourth-order valence-electron chi connectivity index (χ4n) is 5.65. The second-order valence-corrected chi connectivity index (χ2v) is 9.46. The first kappa shape index (κ1) is 23.0. The number of rotatable bonds is 6. The Labute approximate surface area is 205 Å². The van der Waals surface area contributed by atoms with Crippen LogP contribution >= 0.6 is 0 Å². The van der Waals surface area contributed by atoms with Crippen molar-refractivity contribution in [3.8, 4) is 17.2 Å². The maximum Gasteiger partial charge on any atom is 0.303 e. The number of piperidine rings is 1. The van der Waals surface area contributed by atoms with Gasteiger partial charge in [-0.3, -0.25) is 9.59 Å². The van der Waals surface area contributed by atoms with Crippen LogP contribution in [0, 0.1) is 0 Å². The molecule has 180 valence electrons. The number of hydrogen-bond donors (Lipinski definition) is 1. The first-order valence-electron chi connectivity index (χ1n) is 12.0. The third-order valence-corrected chi connectivity index (χ3v) is 7.42. The molecule has 0 aromatic heterocycles. The maximum absolute atomic E-state index is 13.2. The Balaban J connectivity index is 1.28. The summed E-state index contributed by atoms with van der Waals surface area (Å²) in [7, 11) is 1.65. The van der Waals surface area contributed by atoms with Gasteiger partial charge >= 0.3 is 5.97 Å². The molecular weight excluding hydrogens is 442 g/mol. The van der Waals surface area contributed by atoms with Crippen molar-refractivity contribution in [3.05, 3.63) is 89.5 Å². The summed E-state index contributed by atoms with van der Waals surface area (Å²) in [6, 6.07) is 22.8. The van der Waals surface area contributed by atoms with Crippen LogP contribution in [0.25, 0.3) is 0 Å². The van der Waals surface area contributed by atoms with Crippen LogP contribution in [0.1, 0.15) is 53.1 Å². The molecule has 1 aliphatic carbocycles. The van der Waals surface area contributed by atoms with Gasteiger partial charge in [0.15, 0.2) is 0 Å². The summed E-state index contributed by atoms with van der Waals surface area (Å²) in [5, 5.41) is 9.44. The van der Waals surface area contributed by atoms with Crippen molar-refractivity contribution in [1.29, 1.82) is 0 Å². The lowest BCUT2D eigenvalue weighted by Gasteiger charge is -2.40. The Hall–Kier alpha value is -3.80. The number of ether oxygens (including phenoxy) is 2. The number of fused-ring (bicyclic) bond motifs is 2. The summed E-state index contributed by atoms with van der Waals surface area (Å²) in [5.41, 5.74) is 2.83. The van der Waals surface area contributed by atoms with E-state index in [9.17, 15) is 14.7 Å². The van der Waals surface area contributed by atoms with Gasteiger partial charge in [-0.1, -0.05) is 24.3 Å². The lowest BCUT2D eigenvalue weighted by molar-refractivity contribution is -0.137. The molecule has 1 spiro atoms. The van der Waals surface area contributed by atoms with E-state index in [4.69, 9.17) is 9.47 Å². The molecule has 6 heteroatoms. The summed E-state index contributed by atoms with van der Waals surface area (Å²) in [6.45, 7) is 1.27. The summed E-state index contributed by atoms with van der Waals surface area (Å²) < 4.78 is 11.3. The van der Waals surface area contributed by atoms with Crippen LogP contribution in [-0.2, 0) is 10.2 Å². The van der Waals surface area contributed by atoms with Gasteiger partial charge in [-0.15, -0.1) is 0 Å². The van der Waals surface area contributed by atoms with E-state index >= 15 is 0 Å². The summed E-state index contributed by atoms with van der Waals surface area (Å²) in [4.78, 5) is 26.6. The fraction of sp³-hybridized carbons (Fsp3) is 0.310. The Kier molecular flexibility index (Phi) is 6.20. The first-order chi connectivity index (χ1) is 17.0. The highest BCUT2D eigenvalue weighted by Gasteiger charge is 2.46. The number of likely N-dealkylation sites (tertiary alicyclic amines) is 1. The monoisotopic (exact) mass is 471 g/mol. The largest absolute Gasteiger partial charge is 0.497 e. The number of benzene rings is 3. The van der Waals surface area contributed by atoms with Gasteiger partial charge in [-0.2, -0.15) is 0 Å². The molecule has 35 heavy (non-hydrogen) atoms. The number of nitrogens with zero attached hydrogens (tertiary/aromatic N) is 1. The lowest BCUT2D eigenvalue weighted by Crippen LogP contribution is -2.44. The van der Waals surface area contributed by atoms with Crippen LogP contribution in [0.3, 0.4) is 0 Å². The highest BCUT2D eigenvalue weighted by Crippen LogP contribution is 2.53. The van der Waals surface area contributed by atoms with Crippen LogP contribution in [0.4, 0.5) is 0 Å². The molecule has 1 amide bonds. The Morgan fingerprint density at radius 2 is 1.60 bits per heavy atom. The number of hydrogen-bond acceptors (Lipinski definition) is 4. The van der Waals surface area contributed by atoms with Gasteiger partial charge in [-0.25, -0.2) is 0 Å². The SMILES string of the molecule is COc1ccc2c(c1)C1(CCN(C(=O)c3ccc(Oc4ccccc4)cc3)CC1)CC2CC(=O)O. The third-order valence-electron chi connectivity index (χ3n) is 7.42. The zero-order chi connectivity index (χ0) is 24.4. The summed E-state index contributed by atoms with van der Waals surface area (Å²) in [6.07, 6.45) is 2.55. The van der Waals surface area contributed by atoms with Crippen molar-refractivity contribution >= 4 is 11.9 Å². The smallest absolute Gasteiger partial charge is 0.303 e. The third kappa shape index (κ3) is 4.61. The Morgan fingerprint density at radius 3 is 2.26 bits per heavy atom. The second-order valence-electron chi connectivity index (χ2n) is 9.46. The van der Waals surface area contributed by atoms with E-state index in [0.717, 1.165) is 36.3 Å². The summed E-state index contributed by atoms with van der Waals surface area (Å²) in [5.74, 6) is 1.45. The molecule has 0 saturated carbocycles.